The van der Waals surface area contributed by atoms with Crippen molar-refractivity contribution in [2.45, 2.75) is 12.8 Å². The lowest BCUT2D eigenvalue weighted by Crippen LogP contribution is -2.40. The minimum Gasteiger partial charge on any atom is -0.341 e. The van der Waals surface area contributed by atoms with Crippen molar-refractivity contribution in [2.75, 3.05) is 31.6 Å². The highest BCUT2D eigenvalue weighted by Crippen LogP contribution is 2.22. The number of rotatable bonds is 4. The van der Waals surface area contributed by atoms with Crippen LogP contribution in [0.15, 0.2) is 24.9 Å². The number of halogens is 1. The zero-order valence-electron chi connectivity index (χ0n) is 13.9. The summed E-state index contributed by atoms with van der Waals surface area (Å²) in [6.45, 7) is 2.51. The van der Waals surface area contributed by atoms with Crippen LogP contribution in [0.5, 0.6) is 0 Å². The van der Waals surface area contributed by atoms with Crippen molar-refractivity contribution >= 4 is 23.5 Å². The lowest BCUT2D eigenvalue weighted by molar-refractivity contribution is 0.0759. The van der Waals surface area contributed by atoms with Gasteiger partial charge in [0.2, 0.25) is 5.95 Å². The molecule has 0 saturated carbocycles. The second-order valence-corrected chi connectivity index (χ2v) is 6.68. The summed E-state index contributed by atoms with van der Waals surface area (Å²) in [6.07, 6.45) is 8.65. The van der Waals surface area contributed by atoms with Crippen LogP contribution in [0.2, 0.25) is 5.02 Å². The number of anilines is 1. The summed E-state index contributed by atoms with van der Waals surface area (Å²) >= 11 is 5.83. The van der Waals surface area contributed by atoms with Crippen molar-refractivity contribution in [3.63, 3.8) is 0 Å². The molecule has 0 aromatic carbocycles. The summed E-state index contributed by atoms with van der Waals surface area (Å²) in [5.74, 6) is 1.17. The molecule has 0 N–H and O–H groups in total. The van der Waals surface area contributed by atoms with E-state index >= 15 is 0 Å². The van der Waals surface area contributed by atoms with Crippen LogP contribution in [-0.2, 0) is 7.05 Å². The Hall–Kier alpha value is -2.15. The van der Waals surface area contributed by atoms with Gasteiger partial charge >= 0.3 is 0 Å². The topological polar surface area (TPSA) is 67.2 Å². The number of amides is 1. The standard InChI is InChI=1S/C16H21ClN6O/c1-21-10-14(20-11-21)15(24)22(2)9-12-3-5-23(6-4-12)16-18-7-13(17)8-19-16/h7-8,10-12H,3-6,9H2,1-2H3. The van der Waals surface area contributed by atoms with E-state index in [0.29, 0.717) is 16.6 Å². The fraction of sp³-hybridized carbons (Fsp3) is 0.500. The third-order valence-electron chi connectivity index (χ3n) is 4.31. The number of imidazole rings is 1. The fourth-order valence-corrected chi connectivity index (χ4v) is 3.07. The van der Waals surface area contributed by atoms with Crippen molar-refractivity contribution in [1.29, 1.82) is 0 Å². The first-order valence-electron chi connectivity index (χ1n) is 7.99. The van der Waals surface area contributed by atoms with E-state index in [1.807, 2.05) is 14.1 Å². The summed E-state index contributed by atoms with van der Waals surface area (Å²) in [7, 11) is 3.70. The van der Waals surface area contributed by atoms with Crippen molar-refractivity contribution in [1.82, 2.24) is 24.4 Å². The van der Waals surface area contributed by atoms with Gasteiger partial charge < -0.3 is 14.4 Å². The molecule has 0 atom stereocenters. The Balaban J connectivity index is 1.51. The number of nitrogens with zero attached hydrogens (tertiary/aromatic N) is 6. The summed E-state index contributed by atoms with van der Waals surface area (Å²) in [4.78, 5) is 28.9. The molecule has 0 spiro atoms. The van der Waals surface area contributed by atoms with E-state index in [4.69, 9.17) is 11.6 Å². The molecule has 1 aliphatic heterocycles. The van der Waals surface area contributed by atoms with E-state index in [1.54, 1.807) is 34.4 Å². The second-order valence-electron chi connectivity index (χ2n) is 6.24. The highest BCUT2D eigenvalue weighted by atomic mass is 35.5. The number of hydrogen-bond acceptors (Lipinski definition) is 5. The first-order chi connectivity index (χ1) is 11.5. The second kappa shape index (κ2) is 7.17. The Labute approximate surface area is 146 Å². The molecule has 0 aliphatic carbocycles. The van der Waals surface area contributed by atoms with E-state index in [9.17, 15) is 4.79 Å². The maximum Gasteiger partial charge on any atom is 0.273 e. The molecule has 2 aromatic heterocycles. The number of aromatic nitrogens is 4. The van der Waals surface area contributed by atoms with Gasteiger partial charge in [-0.05, 0) is 18.8 Å². The average Bonchev–Trinajstić information content (AvgIpc) is 3.02. The van der Waals surface area contributed by atoms with Gasteiger partial charge in [-0.1, -0.05) is 11.6 Å². The van der Waals surface area contributed by atoms with E-state index in [-0.39, 0.29) is 5.91 Å². The molecule has 0 radical (unpaired) electrons. The molecular formula is C16H21ClN6O. The van der Waals surface area contributed by atoms with Gasteiger partial charge in [-0.3, -0.25) is 4.79 Å². The third-order valence-corrected chi connectivity index (χ3v) is 4.50. The van der Waals surface area contributed by atoms with Gasteiger partial charge in [-0.25, -0.2) is 15.0 Å². The van der Waals surface area contributed by atoms with E-state index in [1.165, 1.54) is 0 Å². The molecule has 8 heteroatoms. The molecule has 7 nitrogen and oxygen atoms in total. The molecule has 1 amide bonds. The first kappa shape index (κ1) is 16.7. The minimum absolute atomic E-state index is 0.0286. The Morgan fingerprint density at radius 1 is 1.29 bits per heavy atom. The van der Waals surface area contributed by atoms with Gasteiger partial charge in [0.15, 0.2) is 0 Å². The SMILES string of the molecule is CN(CC1CCN(c2ncc(Cl)cn2)CC1)C(=O)c1cn(C)cn1. The van der Waals surface area contributed by atoms with Crippen LogP contribution in [0.4, 0.5) is 5.95 Å². The molecule has 128 valence electrons. The maximum absolute atomic E-state index is 12.4. The number of piperidine rings is 1. The molecule has 3 rings (SSSR count). The monoisotopic (exact) mass is 348 g/mol. The number of hydrogen-bond donors (Lipinski definition) is 0. The zero-order valence-corrected chi connectivity index (χ0v) is 14.6. The van der Waals surface area contributed by atoms with Gasteiger partial charge in [-0.15, -0.1) is 0 Å². The third kappa shape index (κ3) is 3.84. The molecule has 24 heavy (non-hydrogen) atoms. The lowest BCUT2D eigenvalue weighted by atomic mass is 9.96. The van der Waals surface area contributed by atoms with Crippen LogP contribution in [0.1, 0.15) is 23.3 Å². The van der Waals surface area contributed by atoms with E-state index in [0.717, 1.165) is 38.4 Å². The quantitative estimate of drug-likeness (QED) is 0.843. The molecule has 1 saturated heterocycles. The fourth-order valence-electron chi connectivity index (χ4n) is 2.97. The van der Waals surface area contributed by atoms with Crippen molar-refractivity contribution in [3.05, 3.63) is 35.6 Å². The lowest BCUT2D eigenvalue weighted by Gasteiger charge is -2.33. The summed E-state index contributed by atoms with van der Waals surface area (Å²) < 4.78 is 1.78. The van der Waals surface area contributed by atoms with Crippen molar-refractivity contribution < 1.29 is 4.79 Å². The molecule has 3 heterocycles. The number of aryl methyl sites for hydroxylation is 1. The minimum atomic E-state index is -0.0286. The van der Waals surface area contributed by atoms with Crippen molar-refractivity contribution in [3.8, 4) is 0 Å². The Bertz CT molecular complexity index is 693. The van der Waals surface area contributed by atoms with Gasteiger partial charge in [0.05, 0.1) is 23.7 Å². The Morgan fingerprint density at radius 3 is 2.54 bits per heavy atom. The van der Waals surface area contributed by atoms with Gasteiger partial charge in [0, 0.05) is 39.9 Å². The Kier molecular flexibility index (Phi) is 4.99. The Morgan fingerprint density at radius 2 is 1.96 bits per heavy atom. The normalized spacial score (nSPS) is 15.5. The molecular weight excluding hydrogens is 328 g/mol. The number of carbonyl (C=O) groups excluding carboxylic acids is 1. The van der Waals surface area contributed by atoms with Gasteiger partial charge in [0.25, 0.3) is 5.91 Å². The summed E-state index contributed by atoms with van der Waals surface area (Å²) in [5.41, 5.74) is 0.493. The van der Waals surface area contributed by atoms with Gasteiger partial charge in [0.1, 0.15) is 5.69 Å². The number of carbonyl (C=O) groups is 1. The largest absolute Gasteiger partial charge is 0.341 e. The predicted molar refractivity (Wildman–Crippen MR) is 92.1 cm³/mol. The van der Waals surface area contributed by atoms with Crippen LogP contribution in [0, 0.1) is 5.92 Å². The highest BCUT2D eigenvalue weighted by Gasteiger charge is 2.24. The first-order valence-corrected chi connectivity index (χ1v) is 8.36. The molecule has 1 aliphatic rings. The highest BCUT2D eigenvalue weighted by molar-refractivity contribution is 6.30. The predicted octanol–water partition coefficient (Wildman–Crippen LogP) is 1.85. The molecule has 0 unspecified atom stereocenters. The van der Waals surface area contributed by atoms with Crippen LogP contribution in [-0.4, -0.2) is 57.0 Å². The summed E-state index contributed by atoms with van der Waals surface area (Å²) in [6, 6.07) is 0. The van der Waals surface area contributed by atoms with Crippen LogP contribution >= 0.6 is 11.6 Å². The van der Waals surface area contributed by atoms with Crippen LogP contribution in [0.3, 0.4) is 0 Å². The van der Waals surface area contributed by atoms with Crippen molar-refractivity contribution in [2.24, 2.45) is 13.0 Å². The summed E-state index contributed by atoms with van der Waals surface area (Å²) in [5, 5.41) is 0.545. The van der Waals surface area contributed by atoms with E-state index in [2.05, 4.69) is 19.9 Å². The molecule has 0 bridgehead atoms. The molecule has 1 fully saturated rings. The smallest absolute Gasteiger partial charge is 0.273 e. The van der Waals surface area contributed by atoms with E-state index < -0.39 is 0 Å². The zero-order chi connectivity index (χ0) is 17.1. The molecule has 2 aromatic rings. The average molecular weight is 349 g/mol. The maximum atomic E-state index is 12.4. The van der Waals surface area contributed by atoms with Crippen LogP contribution < -0.4 is 4.90 Å². The van der Waals surface area contributed by atoms with Gasteiger partial charge in [-0.2, -0.15) is 0 Å². The van der Waals surface area contributed by atoms with Crippen LogP contribution in [0.25, 0.3) is 0 Å².